The van der Waals surface area contributed by atoms with Crippen molar-refractivity contribution < 1.29 is 22.8 Å². The molecule has 1 saturated heterocycles. The Hall–Kier alpha value is -3.17. The maximum Gasteiger partial charge on any atom is 0.416 e. The van der Waals surface area contributed by atoms with Gasteiger partial charge in [0, 0.05) is 37.6 Å². The number of amides is 2. The smallest absolute Gasteiger partial charge is 0.342 e. The molecule has 0 bridgehead atoms. The second kappa shape index (κ2) is 7.83. The number of hydrogen-bond acceptors (Lipinski definition) is 5. The molecule has 1 fully saturated rings. The van der Waals surface area contributed by atoms with Crippen molar-refractivity contribution >= 4 is 24.0 Å². The number of rotatable bonds is 4. The van der Waals surface area contributed by atoms with E-state index in [9.17, 15) is 22.8 Å². The topological polar surface area (TPSA) is 78.4 Å². The summed E-state index contributed by atoms with van der Waals surface area (Å²) in [6, 6.07) is 5.86. The van der Waals surface area contributed by atoms with E-state index in [1.807, 2.05) is 4.90 Å². The van der Waals surface area contributed by atoms with E-state index < -0.39 is 17.6 Å². The average molecular weight is 393 g/mol. The van der Waals surface area contributed by atoms with Crippen molar-refractivity contribution in [3.8, 4) is 0 Å². The highest BCUT2D eigenvalue weighted by molar-refractivity contribution is 6.03. The van der Waals surface area contributed by atoms with Crippen LogP contribution < -0.4 is 10.2 Å². The summed E-state index contributed by atoms with van der Waals surface area (Å²) in [5.74, 6) is -0.280. The van der Waals surface area contributed by atoms with Crippen molar-refractivity contribution in [2.45, 2.75) is 13.1 Å². The normalized spacial score (nSPS) is 14.7. The van der Waals surface area contributed by atoms with Gasteiger partial charge in [-0.1, -0.05) is 6.07 Å². The molecule has 0 radical (unpaired) electrons. The first kappa shape index (κ1) is 19.6. The van der Waals surface area contributed by atoms with Gasteiger partial charge >= 0.3 is 6.18 Å². The third-order valence-corrected chi connectivity index (χ3v) is 4.27. The van der Waals surface area contributed by atoms with E-state index in [1.165, 1.54) is 18.2 Å². The monoisotopic (exact) mass is 393 g/mol. The number of nitrogens with one attached hydrogen (secondary N) is 1. The Morgan fingerprint density at radius 2 is 1.86 bits per heavy atom. The lowest BCUT2D eigenvalue weighted by Crippen LogP contribution is -2.46. The van der Waals surface area contributed by atoms with Crippen LogP contribution in [-0.4, -0.2) is 53.4 Å². The van der Waals surface area contributed by atoms with E-state index in [0.29, 0.717) is 37.8 Å². The SMILES string of the molecule is Cc1cc(C(=O)Nc2cccc(C(F)(F)F)c2)nc(N2CCN(C=O)CC2)n1. The highest BCUT2D eigenvalue weighted by Gasteiger charge is 2.30. The second-order valence-corrected chi connectivity index (χ2v) is 6.36. The van der Waals surface area contributed by atoms with Crippen LogP contribution in [0.4, 0.5) is 24.8 Å². The van der Waals surface area contributed by atoms with E-state index >= 15 is 0 Å². The maximum atomic E-state index is 12.8. The zero-order valence-corrected chi connectivity index (χ0v) is 15.0. The first-order valence-corrected chi connectivity index (χ1v) is 8.55. The molecule has 7 nitrogen and oxygen atoms in total. The van der Waals surface area contributed by atoms with Crippen LogP contribution in [0.15, 0.2) is 30.3 Å². The summed E-state index contributed by atoms with van der Waals surface area (Å²) >= 11 is 0. The number of hydrogen-bond donors (Lipinski definition) is 1. The number of nitrogens with zero attached hydrogens (tertiary/aromatic N) is 4. The predicted molar refractivity (Wildman–Crippen MR) is 96.0 cm³/mol. The molecule has 28 heavy (non-hydrogen) atoms. The van der Waals surface area contributed by atoms with Crippen LogP contribution in [0.2, 0.25) is 0 Å². The fraction of sp³-hybridized carbons (Fsp3) is 0.333. The number of halogens is 3. The molecule has 0 spiro atoms. The molecule has 2 aromatic rings. The molecule has 1 aliphatic rings. The molecule has 1 aromatic heterocycles. The molecule has 2 heterocycles. The van der Waals surface area contributed by atoms with Gasteiger partial charge in [0.15, 0.2) is 0 Å². The fourth-order valence-corrected chi connectivity index (χ4v) is 2.81. The van der Waals surface area contributed by atoms with Crippen molar-refractivity contribution in [3.63, 3.8) is 0 Å². The van der Waals surface area contributed by atoms with E-state index in [1.54, 1.807) is 11.8 Å². The van der Waals surface area contributed by atoms with E-state index in [-0.39, 0.29) is 11.4 Å². The lowest BCUT2D eigenvalue weighted by molar-refractivity contribution is -0.137. The minimum Gasteiger partial charge on any atom is -0.342 e. The quantitative estimate of drug-likeness (QED) is 0.807. The van der Waals surface area contributed by atoms with Crippen molar-refractivity contribution in [2.24, 2.45) is 0 Å². The highest BCUT2D eigenvalue weighted by Crippen LogP contribution is 2.30. The molecule has 1 aromatic carbocycles. The van der Waals surface area contributed by atoms with Crippen LogP contribution in [0.5, 0.6) is 0 Å². The van der Waals surface area contributed by atoms with Crippen LogP contribution in [0.25, 0.3) is 0 Å². The summed E-state index contributed by atoms with van der Waals surface area (Å²) in [4.78, 5) is 35.4. The molecular weight excluding hydrogens is 375 g/mol. The maximum absolute atomic E-state index is 12.8. The molecule has 0 aliphatic carbocycles. The van der Waals surface area contributed by atoms with Gasteiger partial charge in [-0.2, -0.15) is 13.2 Å². The molecule has 10 heteroatoms. The Morgan fingerprint density at radius 3 is 2.50 bits per heavy atom. The predicted octanol–water partition coefficient (Wildman–Crippen LogP) is 2.33. The van der Waals surface area contributed by atoms with E-state index in [0.717, 1.165) is 18.5 Å². The number of carbonyl (C=O) groups is 2. The van der Waals surface area contributed by atoms with Gasteiger partial charge in [-0.3, -0.25) is 9.59 Å². The zero-order valence-electron chi connectivity index (χ0n) is 15.0. The van der Waals surface area contributed by atoms with Crippen LogP contribution in [0.1, 0.15) is 21.7 Å². The third-order valence-electron chi connectivity index (χ3n) is 4.27. The lowest BCUT2D eigenvalue weighted by atomic mass is 10.2. The Balaban J connectivity index is 1.77. The van der Waals surface area contributed by atoms with Gasteiger partial charge in [0.1, 0.15) is 5.69 Å². The Kier molecular flexibility index (Phi) is 5.48. The second-order valence-electron chi connectivity index (χ2n) is 6.36. The molecule has 1 aliphatic heterocycles. The number of alkyl halides is 3. The van der Waals surface area contributed by atoms with Crippen LogP contribution in [0.3, 0.4) is 0 Å². The number of benzene rings is 1. The van der Waals surface area contributed by atoms with Gasteiger partial charge in [0.25, 0.3) is 5.91 Å². The Bertz CT molecular complexity index is 880. The molecule has 0 atom stereocenters. The minimum atomic E-state index is -4.50. The molecule has 1 N–H and O–H groups in total. The fourth-order valence-electron chi connectivity index (χ4n) is 2.81. The highest BCUT2D eigenvalue weighted by atomic mass is 19.4. The molecule has 0 unspecified atom stereocenters. The number of aryl methyl sites for hydroxylation is 1. The largest absolute Gasteiger partial charge is 0.416 e. The summed E-state index contributed by atoms with van der Waals surface area (Å²) in [6.45, 7) is 3.79. The summed E-state index contributed by atoms with van der Waals surface area (Å²) in [6.07, 6.45) is -3.72. The molecule has 148 valence electrons. The van der Waals surface area contributed by atoms with Crippen molar-refractivity contribution in [3.05, 3.63) is 47.3 Å². The third kappa shape index (κ3) is 4.56. The number of piperazine rings is 1. The number of aromatic nitrogens is 2. The van der Waals surface area contributed by atoms with Crippen molar-refractivity contribution in [1.82, 2.24) is 14.9 Å². The molecule has 0 saturated carbocycles. The Morgan fingerprint density at radius 1 is 1.14 bits per heavy atom. The standard InChI is InChI=1S/C18H18F3N5O2/c1-12-9-15(24-17(22-12)26-7-5-25(11-27)6-8-26)16(28)23-14-4-2-3-13(10-14)18(19,20)21/h2-4,9-11H,5-8H2,1H3,(H,23,28). The van der Waals surface area contributed by atoms with Crippen molar-refractivity contribution in [2.75, 3.05) is 36.4 Å². The zero-order chi connectivity index (χ0) is 20.3. The summed E-state index contributed by atoms with van der Waals surface area (Å²) < 4.78 is 38.5. The number of carbonyl (C=O) groups excluding carboxylic acids is 2. The first-order chi connectivity index (χ1) is 13.3. The average Bonchev–Trinajstić information content (AvgIpc) is 2.67. The van der Waals surface area contributed by atoms with E-state index in [4.69, 9.17) is 0 Å². The van der Waals surface area contributed by atoms with Crippen LogP contribution in [0, 0.1) is 6.92 Å². The van der Waals surface area contributed by atoms with Gasteiger partial charge in [-0.25, -0.2) is 9.97 Å². The molecule has 3 rings (SSSR count). The van der Waals surface area contributed by atoms with Crippen LogP contribution >= 0.6 is 0 Å². The van der Waals surface area contributed by atoms with Crippen LogP contribution in [-0.2, 0) is 11.0 Å². The van der Waals surface area contributed by atoms with Gasteiger partial charge in [0.05, 0.1) is 5.56 Å². The van der Waals surface area contributed by atoms with Gasteiger partial charge < -0.3 is 15.1 Å². The van der Waals surface area contributed by atoms with Gasteiger partial charge in [-0.05, 0) is 31.2 Å². The Labute approximate surface area is 159 Å². The van der Waals surface area contributed by atoms with Gasteiger partial charge in [-0.15, -0.1) is 0 Å². The number of anilines is 2. The molecular formula is C18H18F3N5O2. The summed E-state index contributed by atoms with van der Waals surface area (Å²) in [5, 5.41) is 2.44. The lowest BCUT2D eigenvalue weighted by Gasteiger charge is -2.32. The van der Waals surface area contributed by atoms with Crippen molar-refractivity contribution in [1.29, 1.82) is 0 Å². The first-order valence-electron chi connectivity index (χ1n) is 8.55. The molecule has 2 amide bonds. The summed E-state index contributed by atoms with van der Waals surface area (Å²) in [7, 11) is 0. The van der Waals surface area contributed by atoms with Gasteiger partial charge in [0.2, 0.25) is 12.4 Å². The minimum absolute atomic E-state index is 0.0252. The summed E-state index contributed by atoms with van der Waals surface area (Å²) in [5.41, 5.74) is -0.218. The van der Waals surface area contributed by atoms with E-state index in [2.05, 4.69) is 15.3 Å².